The second kappa shape index (κ2) is 7.72. The van der Waals surface area contributed by atoms with Gasteiger partial charge < -0.3 is 4.90 Å². The number of sulfonamides is 1. The fourth-order valence-corrected chi connectivity index (χ4v) is 4.24. The maximum absolute atomic E-state index is 12.8. The first-order valence-electron chi connectivity index (χ1n) is 9.25. The van der Waals surface area contributed by atoms with Crippen LogP contribution >= 0.6 is 0 Å². The molecule has 1 aliphatic carbocycles. The highest BCUT2D eigenvalue weighted by Crippen LogP contribution is 2.29. The van der Waals surface area contributed by atoms with E-state index in [9.17, 15) is 13.2 Å². The van der Waals surface area contributed by atoms with Gasteiger partial charge in [0.25, 0.3) is 15.9 Å². The van der Waals surface area contributed by atoms with E-state index in [0.29, 0.717) is 23.2 Å². The van der Waals surface area contributed by atoms with E-state index in [2.05, 4.69) is 13.8 Å². The van der Waals surface area contributed by atoms with Crippen LogP contribution in [0.1, 0.15) is 37.0 Å². The first-order chi connectivity index (χ1) is 12.8. The third-order valence-electron chi connectivity index (χ3n) is 4.69. The van der Waals surface area contributed by atoms with E-state index in [4.69, 9.17) is 0 Å². The molecule has 144 valence electrons. The number of amides is 1. The van der Waals surface area contributed by atoms with Gasteiger partial charge in [-0.3, -0.25) is 9.10 Å². The maximum atomic E-state index is 12.8. The molecule has 0 heterocycles. The zero-order valence-corrected chi connectivity index (χ0v) is 16.8. The Kier molecular flexibility index (Phi) is 5.56. The van der Waals surface area contributed by atoms with Crippen LogP contribution in [0, 0.1) is 5.92 Å². The smallest absolute Gasteiger partial charge is 0.264 e. The monoisotopic (exact) mass is 386 g/mol. The number of hydrogen-bond acceptors (Lipinski definition) is 3. The fraction of sp³-hybridized carbons (Fsp3) is 0.381. The molecule has 0 saturated heterocycles. The standard InChI is InChI=1S/C21H26N2O3S/c1-16(2)15-23(19-11-12-19)21(24)17-9-13-20(14-10-17)27(25,26)22(3)18-7-5-4-6-8-18/h4-10,13-14,16,19H,11-12,15H2,1-3H3. The van der Waals surface area contributed by atoms with Crippen molar-refractivity contribution in [1.29, 1.82) is 0 Å². The molecule has 0 aromatic heterocycles. The summed E-state index contributed by atoms with van der Waals surface area (Å²) in [5, 5.41) is 0. The van der Waals surface area contributed by atoms with Crippen molar-refractivity contribution in [2.45, 2.75) is 37.6 Å². The topological polar surface area (TPSA) is 57.7 Å². The summed E-state index contributed by atoms with van der Waals surface area (Å²) < 4.78 is 26.9. The Hall–Kier alpha value is -2.34. The Morgan fingerprint density at radius 2 is 1.63 bits per heavy atom. The SMILES string of the molecule is CC(C)CN(C(=O)c1ccc(S(=O)(=O)N(C)c2ccccc2)cc1)C1CC1. The van der Waals surface area contributed by atoms with Crippen LogP contribution in [-0.4, -0.2) is 38.9 Å². The van der Waals surface area contributed by atoms with Gasteiger partial charge in [0, 0.05) is 25.2 Å². The zero-order chi connectivity index (χ0) is 19.6. The van der Waals surface area contributed by atoms with Gasteiger partial charge in [0.05, 0.1) is 10.6 Å². The highest BCUT2D eigenvalue weighted by molar-refractivity contribution is 7.92. The lowest BCUT2D eigenvalue weighted by atomic mass is 10.1. The summed E-state index contributed by atoms with van der Waals surface area (Å²) >= 11 is 0. The number of benzene rings is 2. The van der Waals surface area contributed by atoms with Crippen LogP contribution < -0.4 is 4.31 Å². The van der Waals surface area contributed by atoms with Crippen molar-refractivity contribution in [2.24, 2.45) is 5.92 Å². The van der Waals surface area contributed by atoms with Crippen molar-refractivity contribution in [3.63, 3.8) is 0 Å². The van der Waals surface area contributed by atoms with Gasteiger partial charge in [-0.1, -0.05) is 32.0 Å². The number of para-hydroxylation sites is 1. The van der Waals surface area contributed by atoms with Gasteiger partial charge in [-0.15, -0.1) is 0 Å². The lowest BCUT2D eigenvalue weighted by molar-refractivity contribution is 0.0722. The molecule has 0 spiro atoms. The van der Waals surface area contributed by atoms with Crippen LogP contribution in [0.15, 0.2) is 59.5 Å². The highest BCUT2D eigenvalue weighted by atomic mass is 32.2. The number of rotatable bonds is 7. The molecule has 0 unspecified atom stereocenters. The Bertz CT molecular complexity index is 889. The molecule has 1 amide bonds. The fourth-order valence-electron chi connectivity index (χ4n) is 3.05. The van der Waals surface area contributed by atoms with E-state index in [-0.39, 0.29) is 10.8 Å². The summed E-state index contributed by atoms with van der Waals surface area (Å²) in [5.41, 5.74) is 1.12. The van der Waals surface area contributed by atoms with Gasteiger partial charge in [-0.25, -0.2) is 8.42 Å². The zero-order valence-electron chi connectivity index (χ0n) is 16.0. The molecule has 5 nitrogen and oxygen atoms in total. The molecule has 1 aliphatic rings. The van der Waals surface area contributed by atoms with Crippen molar-refractivity contribution in [1.82, 2.24) is 4.90 Å². The van der Waals surface area contributed by atoms with Gasteiger partial charge in [0.15, 0.2) is 0 Å². The number of anilines is 1. The third kappa shape index (κ3) is 4.33. The van der Waals surface area contributed by atoms with Gasteiger partial charge in [0.1, 0.15) is 0 Å². The van der Waals surface area contributed by atoms with Crippen LogP contribution in [0.2, 0.25) is 0 Å². The Morgan fingerprint density at radius 1 is 1.04 bits per heavy atom. The molecule has 3 rings (SSSR count). The Labute approximate surface area is 161 Å². The second-order valence-corrected chi connectivity index (χ2v) is 9.38. The summed E-state index contributed by atoms with van der Waals surface area (Å²) in [4.78, 5) is 14.9. The molecule has 27 heavy (non-hydrogen) atoms. The largest absolute Gasteiger partial charge is 0.335 e. The first-order valence-corrected chi connectivity index (χ1v) is 10.7. The van der Waals surface area contributed by atoms with Crippen LogP contribution in [0.5, 0.6) is 0 Å². The predicted molar refractivity (Wildman–Crippen MR) is 107 cm³/mol. The van der Waals surface area contributed by atoms with Crippen LogP contribution in [0.25, 0.3) is 0 Å². The molecule has 0 bridgehead atoms. The van der Waals surface area contributed by atoms with E-state index >= 15 is 0 Å². The molecule has 1 fully saturated rings. The third-order valence-corrected chi connectivity index (χ3v) is 6.49. The predicted octanol–water partition coefficient (Wildman–Crippen LogP) is 3.77. The van der Waals surface area contributed by atoms with E-state index in [1.54, 1.807) is 36.4 Å². The molecule has 0 N–H and O–H groups in total. The van der Waals surface area contributed by atoms with Crippen molar-refractivity contribution < 1.29 is 13.2 Å². The Balaban J connectivity index is 1.81. The van der Waals surface area contributed by atoms with Crippen LogP contribution in [0.3, 0.4) is 0 Å². The van der Waals surface area contributed by atoms with Gasteiger partial charge in [0.2, 0.25) is 0 Å². The quantitative estimate of drug-likeness (QED) is 0.728. The van der Waals surface area contributed by atoms with Gasteiger partial charge in [-0.2, -0.15) is 0 Å². The normalized spacial score (nSPS) is 14.2. The molecular weight excluding hydrogens is 360 g/mol. The minimum atomic E-state index is -3.67. The maximum Gasteiger partial charge on any atom is 0.264 e. The number of carbonyl (C=O) groups excluding carboxylic acids is 1. The number of nitrogens with zero attached hydrogens (tertiary/aromatic N) is 2. The lowest BCUT2D eigenvalue weighted by Gasteiger charge is -2.25. The van der Waals surface area contributed by atoms with E-state index in [1.807, 2.05) is 11.0 Å². The Morgan fingerprint density at radius 3 is 2.15 bits per heavy atom. The number of carbonyl (C=O) groups is 1. The summed E-state index contributed by atoms with van der Waals surface area (Å²) in [7, 11) is -2.14. The van der Waals surface area contributed by atoms with Crippen LogP contribution in [-0.2, 0) is 10.0 Å². The first kappa shape index (κ1) is 19.4. The van der Waals surface area contributed by atoms with Gasteiger partial charge >= 0.3 is 0 Å². The highest BCUT2D eigenvalue weighted by Gasteiger charge is 2.33. The van der Waals surface area contributed by atoms with E-state index in [1.165, 1.54) is 23.5 Å². The van der Waals surface area contributed by atoms with E-state index in [0.717, 1.165) is 19.4 Å². The summed E-state index contributed by atoms with van der Waals surface area (Å²) in [6.45, 7) is 4.91. The average molecular weight is 387 g/mol. The van der Waals surface area contributed by atoms with Crippen molar-refractivity contribution in [2.75, 3.05) is 17.9 Å². The molecular formula is C21H26N2O3S. The molecule has 0 aliphatic heterocycles. The minimum Gasteiger partial charge on any atom is -0.335 e. The summed E-state index contributed by atoms with van der Waals surface area (Å²) in [5.74, 6) is 0.375. The van der Waals surface area contributed by atoms with Crippen molar-refractivity contribution in [3.8, 4) is 0 Å². The lowest BCUT2D eigenvalue weighted by Crippen LogP contribution is -2.36. The van der Waals surface area contributed by atoms with E-state index < -0.39 is 10.0 Å². The molecule has 2 aromatic carbocycles. The van der Waals surface area contributed by atoms with Crippen molar-refractivity contribution in [3.05, 3.63) is 60.2 Å². The van der Waals surface area contributed by atoms with Gasteiger partial charge in [-0.05, 0) is 55.2 Å². The van der Waals surface area contributed by atoms with Crippen molar-refractivity contribution >= 4 is 21.6 Å². The molecule has 1 saturated carbocycles. The molecule has 0 radical (unpaired) electrons. The summed E-state index contributed by atoms with van der Waals surface area (Å²) in [6, 6.07) is 15.5. The molecule has 0 atom stereocenters. The average Bonchev–Trinajstić information content (AvgIpc) is 3.50. The summed E-state index contributed by atoms with van der Waals surface area (Å²) in [6.07, 6.45) is 2.10. The minimum absolute atomic E-state index is 0.0217. The molecule has 2 aromatic rings. The second-order valence-electron chi connectivity index (χ2n) is 7.41. The number of hydrogen-bond donors (Lipinski definition) is 0. The van der Waals surface area contributed by atoms with Crippen LogP contribution in [0.4, 0.5) is 5.69 Å². The molecule has 6 heteroatoms.